The summed E-state index contributed by atoms with van der Waals surface area (Å²) in [6, 6.07) is 9.67. The fourth-order valence-electron chi connectivity index (χ4n) is 3.21. The first kappa shape index (κ1) is 20.6. The summed E-state index contributed by atoms with van der Waals surface area (Å²) in [6.07, 6.45) is 10.4. The summed E-state index contributed by atoms with van der Waals surface area (Å²) in [7, 11) is 0. The number of ether oxygens (including phenoxy) is 1. The SMILES string of the molecule is CCCCCC(CC)CCC(CC(C)C)Oc1ccc(C#N)cc1. The number of benzene rings is 1. The van der Waals surface area contributed by atoms with Gasteiger partial charge in [0.2, 0.25) is 0 Å². The Kier molecular flexibility index (Phi) is 10.2. The van der Waals surface area contributed by atoms with Crippen molar-refractivity contribution in [2.45, 2.75) is 85.2 Å². The van der Waals surface area contributed by atoms with Crippen molar-refractivity contribution in [2.24, 2.45) is 11.8 Å². The predicted octanol–water partition coefficient (Wildman–Crippen LogP) is 6.74. The Morgan fingerprint density at radius 2 is 1.71 bits per heavy atom. The molecule has 0 radical (unpaired) electrons. The summed E-state index contributed by atoms with van der Waals surface area (Å²) < 4.78 is 6.24. The second-order valence-electron chi connectivity index (χ2n) is 7.35. The van der Waals surface area contributed by atoms with E-state index in [-0.39, 0.29) is 6.10 Å². The summed E-state index contributed by atoms with van der Waals surface area (Å²) in [5, 5.41) is 8.90. The van der Waals surface area contributed by atoms with Gasteiger partial charge in [-0.05, 0) is 55.4 Å². The van der Waals surface area contributed by atoms with Crippen molar-refractivity contribution in [3.63, 3.8) is 0 Å². The molecular weight excluding hydrogens is 294 g/mol. The maximum absolute atomic E-state index is 8.90. The van der Waals surface area contributed by atoms with Crippen molar-refractivity contribution < 1.29 is 4.74 Å². The van der Waals surface area contributed by atoms with Crippen molar-refractivity contribution in [3.05, 3.63) is 29.8 Å². The Labute approximate surface area is 149 Å². The third-order valence-electron chi connectivity index (χ3n) is 4.71. The van der Waals surface area contributed by atoms with Crippen LogP contribution in [0.4, 0.5) is 0 Å². The van der Waals surface area contributed by atoms with E-state index in [0.717, 1.165) is 24.5 Å². The molecule has 0 heterocycles. The molecule has 1 rings (SSSR count). The van der Waals surface area contributed by atoms with Crippen molar-refractivity contribution in [1.82, 2.24) is 0 Å². The molecule has 0 bridgehead atoms. The Balaban J connectivity index is 2.55. The van der Waals surface area contributed by atoms with E-state index in [4.69, 9.17) is 10.00 Å². The molecule has 0 aliphatic rings. The topological polar surface area (TPSA) is 33.0 Å². The molecule has 1 aromatic carbocycles. The van der Waals surface area contributed by atoms with Crippen LogP contribution in [-0.4, -0.2) is 6.10 Å². The van der Waals surface area contributed by atoms with Crippen LogP contribution in [0.2, 0.25) is 0 Å². The molecule has 0 N–H and O–H groups in total. The standard InChI is InChI=1S/C22H35NO/c1-5-7-8-9-19(6-2)10-15-22(16-18(3)4)24-21-13-11-20(17-23)12-14-21/h11-14,18-19,22H,5-10,15-16H2,1-4H3. The number of hydrogen-bond acceptors (Lipinski definition) is 2. The van der Waals surface area contributed by atoms with Crippen molar-refractivity contribution in [1.29, 1.82) is 5.26 Å². The molecule has 0 fully saturated rings. The maximum atomic E-state index is 8.90. The number of nitriles is 1. The lowest BCUT2D eigenvalue weighted by Crippen LogP contribution is -2.20. The molecule has 0 aliphatic carbocycles. The minimum absolute atomic E-state index is 0.276. The lowest BCUT2D eigenvalue weighted by molar-refractivity contribution is 0.153. The molecular formula is C22H35NO. The van der Waals surface area contributed by atoms with Crippen LogP contribution < -0.4 is 4.74 Å². The highest BCUT2D eigenvalue weighted by atomic mass is 16.5. The second-order valence-corrected chi connectivity index (χ2v) is 7.35. The van der Waals surface area contributed by atoms with Crippen LogP contribution in [-0.2, 0) is 0 Å². The highest BCUT2D eigenvalue weighted by Crippen LogP contribution is 2.25. The monoisotopic (exact) mass is 329 g/mol. The normalized spacial score (nSPS) is 13.5. The molecule has 2 atom stereocenters. The van der Waals surface area contributed by atoms with Gasteiger partial charge in [-0.3, -0.25) is 0 Å². The summed E-state index contributed by atoms with van der Waals surface area (Å²) in [6.45, 7) is 9.10. The first-order valence-electron chi connectivity index (χ1n) is 9.75. The first-order valence-corrected chi connectivity index (χ1v) is 9.75. The minimum Gasteiger partial charge on any atom is -0.490 e. The van der Waals surface area contributed by atoms with Crippen LogP contribution in [0, 0.1) is 23.2 Å². The molecule has 0 aliphatic heterocycles. The summed E-state index contributed by atoms with van der Waals surface area (Å²) in [5.74, 6) is 2.35. The molecule has 0 saturated heterocycles. The zero-order valence-corrected chi connectivity index (χ0v) is 16.1. The van der Waals surface area contributed by atoms with Gasteiger partial charge in [-0.1, -0.05) is 59.8 Å². The maximum Gasteiger partial charge on any atom is 0.119 e. The van der Waals surface area contributed by atoms with Gasteiger partial charge in [0.1, 0.15) is 5.75 Å². The van der Waals surface area contributed by atoms with E-state index < -0.39 is 0 Å². The quantitative estimate of drug-likeness (QED) is 0.398. The van der Waals surface area contributed by atoms with E-state index in [1.807, 2.05) is 24.3 Å². The number of unbranched alkanes of at least 4 members (excludes halogenated alkanes) is 2. The fourth-order valence-corrected chi connectivity index (χ4v) is 3.21. The van der Waals surface area contributed by atoms with E-state index in [1.54, 1.807) is 0 Å². The van der Waals surface area contributed by atoms with Gasteiger partial charge in [0.05, 0.1) is 17.7 Å². The smallest absolute Gasteiger partial charge is 0.119 e. The summed E-state index contributed by atoms with van der Waals surface area (Å²) >= 11 is 0. The van der Waals surface area contributed by atoms with Gasteiger partial charge in [0, 0.05) is 0 Å². The van der Waals surface area contributed by atoms with Gasteiger partial charge in [-0.25, -0.2) is 0 Å². The largest absolute Gasteiger partial charge is 0.490 e. The minimum atomic E-state index is 0.276. The van der Waals surface area contributed by atoms with Crippen LogP contribution in [0.15, 0.2) is 24.3 Å². The van der Waals surface area contributed by atoms with Crippen molar-refractivity contribution >= 4 is 0 Å². The van der Waals surface area contributed by atoms with Gasteiger partial charge in [0.25, 0.3) is 0 Å². The Morgan fingerprint density at radius 1 is 1.00 bits per heavy atom. The van der Waals surface area contributed by atoms with Crippen LogP contribution in [0.1, 0.15) is 84.6 Å². The van der Waals surface area contributed by atoms with Crippen LogP contribution in [0.3, 0.4) is 0 Å². The third-order valence-corrected chi connectivity index (χ3v) is 4.71. The molecule has 2 nitrogen and oxygen atoms in total. The molecule has 0 spiro atoms. The fraction of sp³-hybridized carbons (Fsp3) is 0.682. The Bertz CT molecular complexity index is 472. The highest BCUT2D eigenvalue weighted by Gasteiger charge is 2.16. The first-order chi connectivity index (χ1) is 11.6. The summed E-state index contributed by atoms with van der Waals surface area (Å²) in [5.41, 5.74) is 0.685. The van der Waals surface area contributed by atoms with Gasteiger partial charge in [0.15, 0.2) is 0 Å². The molecule has 0 saturated carbocycles. The van der Waals surface area contributed by atoms with E-state index in [2.05, 4.69) is 33.8 Å². The van der Waals surface area contributed by atoms with E-state index in [9.17, 15) is 0 Å². The van der Waals surface area contributed by atoms with Crippen LogP contribution in [0.5, 0.6) is 5.75 Å². The molecule has 134 valence electrons. The van der Waals surface area contributed by atoms with E-state index in [1.165, 1.54) is 38.5 Å². The zero-order chi connectivity index (χ0) is 17.8. The van der Waals surface area contributed by atoms with Crippen LogP contribution >= 0.6 is 0 Å². The average Bonchev–Trinajstić information content (AvgIpc) is 2.58. The van der Waals surface area contributed by atoms with E-state index in [0.29, 0.717) is 11.5 Å². The Morgan fingerprint density at radius 3 is 2.25 bits per heavy atom. The number of nitrogens with zero attached hydrogens (tertiary/aromatic N) is 1. The van der Waals surface area contributed by atoms with Crippen molar-refractivity contribution in [3.8, 4) is 11.8 Å². The number of hydrogen-bond donors (Lipinski definition) is 0. The van der Waals surface area contributed by atoms with Gasteiger partial charge in [-0.2, -0.15) is 5.26 Å². The predicted molar refractivity (Wildman–Crippen MR) is 102 cm³/mol. The molecule has 0 aromatic heterocycles. The van der Waals surface area contributed by atoms with Crippen molar-refractivity contribution in [2.75, 3.05) is 0 Å². The third kappa shape index (κ3) is 8.39. The highest BCUT2D eigenvalue weighted by molar-refractivity contribution is 5.34. The van der Waals surface area contributed by atoms with Gasteiger partial charge < -0.3 is 4.74 Å². The summed E-state index contributed by atoms with van der Waals surface area (Å²) in [4.78, 5) is 0. The van der Waals surface area contributed by atoms with Gasteiger partial charge in [-0.15, -0.1) is 0 Å². The molecule has 2 unspecified atom stereocenters. The zero-order valence-electron chi connectivity index (χ0n) is 16.1. The molecule has 2 heteroatoms. The molecule has 1 aromatic rings. The lowest BCUT2D eigenvalue weighted by atomic mass is 9.91. The molecule has 24 heavy (non-hydrogen) atoms. The van der Waals surface area contributed by atoms with Crippen LogP contribution in [0.25, 0.3) is 0 Å². The second kappa shape index (κ2) is 12.0. The van der Waals surface area contributed by atoms with E-state index >= 15 is 0 Å². The lowest BCUT2D eigenvalue weighted by Gasteiger charge is -2.23. The number of rotatable bonds is 12. The van der Waals surface area contributed by atoms with Gasteiger partial charge >= 0.3 is 0 Å². The Hall–Kier alpha value is -1.49. The molecule has 0 amide bonds. The average molecular weight is 330 g/mol.